The van der Waals surface area contributed by atoms with Gasteiger partial charge in [-0.3, -0.25) is 0 Å². The van der Waals surface area contributed by atoms with Crippen molar-refractivity contribution in [2.75, 3.05) is 50.1 Å². The summed E-state index contributed by atoms with van der Waals surface area (Å²) in [6, 6.07) is 0. The molecule has 1 fully saturated rings. The van der Waals surface area contributed by atoms with Crippen LogP contribution in [0, 0.1) is 0 Å². The number of rotatable bonds is 4. The van der Waals surface area contributed by atoms with Crippen LogP contribution in [0.2, 0.25) is 0 Å². The SMILES string of the molecule is CCOC(=O)N1CCN(c2ncnc(NC)c2CC)CC1. The van der Waals surface area contributed by atoms with E-state index in [1.807, 2.05) is 14.0 Å². The van der Waals surface area contributed by atoms with E-state index in [1.165, 1.54) is 0 Å². The van der Waals surface area contributed by atoms with Crippen molar-refractivity contribution < 1.29 is 9.53 Å². The largest absolute Gasteiger partial charge is 0.450 e. The van der Waals surface area contributed by atoms with Gasteiger partial charge in [0.2, 0.25) is 0 Å². The monoisotopic (exact) mass is 293 g/mol. The molecule has 0 aliphatic carbocycles. The summed E-state index contributed by atoms with van der Waals surface area (Å²) in [5.41, 5.74) is 1.12. The first kappa shape index (κ1) is 15.3. The molecule has 116 valence electrons. The third-order valence-corrected chi connectivity index (χ3v) is 3.62. The molecule has 1 aromatic heterocycles. The fourth-order valence-electron chi connectivity index (χ4n) is 2.53. The minimum absolute atomic E-state index is 0.230. The molecule has 0 bridgehead atoms. The highest BCUT2D eigenvalue weighted by Gasteiger charge is 2.24. The summed E-state index contributed by atoms with van der Waals surface area (Å²) in [4.78, 5) is 24.3. The molecule has 2 heterocycles. The molecular weight excluding hydrogens is 270 g/mol. The number of nitrogens with one attached hydrogen (secondary N) is 1. The van der Waals surface area contributed by atoms with E-state index in [0.29, 0.717) is 19.7 Å². The highest BCUT2D eigenvalue weighted by molar-refractivity contribution is 5.68. The van der Waals surface area contributed by atoms with Crippen molar-refractivity contribution in [3.63, 3.8) is 0 Å². The van der Waals surface area contributed by atoms with Crippen LogP contribution in [0.4, 0.5) is 16.4 Å². The minimum atomic E-state index is -0.230. The molecule has 0 spiro atoms. The molecule has 0 atom stereocenters. The molecule has 1 amide bonds. The molecule has 7 nitrogen and oxygen atoms in total. The van der Waals surface area contributed by atoms with Crippen LogP contribution < -0.4 is 10.2 Å². The van der Waals surface area contributed by atoms with Gasteiger partial charge in [-0.2, -0.15) is 0 Å². The zero-order chi connectivity index (χ0) is 15.2. The molecule has 0 aromatic carbocycles. The van der Waals surface area contributed by atoms with Crippen molar-refractivity contribution in [3.8, 4) is 0 Å². The number of nitrogens with zero attached hydrogens (tertiary/aromatic N) is 4. The van der Waals surface area contributed by atoms with Crippen LogP contribution in [-0.2, 0) is 11.2 Å². The summed E-state index contributed by atoms with van der Waals surface area (Å²) in [5.74, 6) is 1.83. The molecule has 1 aliphatic rings. The van der Waals surface area contributed by atoms with E-state index in [-0.39, 0.29) is 6.09 Å². The summed E-state index contributed by atoms with van der Waals surface area (Å²) >= 11 is 0. The van der Waals surface area contributed by atoms with Gasteiger partial charge >= 0.3 is 6.09 Å². The van der Waals surface area contributed by atoms with E-state index < -0.39 is 0 Å². The first-order valence-corrected chi connectivity index (χ1v) is 7.39. The smallest absolute Gasteiger partial charge is 0.409 e. The molecule has 0 saturated carbocycles. The third-order valence-electron chi connectivity index (χ3n) is 3.62. The lowest BCUT2D eigenvalue weighted by molar-refractivity contribution is 0.105. The number of piperazine rings is 1. The summed E-state index contributed by atoms with van der Waals surface area (Å²) in [6.45, 7) is 7.15. The fourth-order valence-corrected chi connectivity index (χ4v) is 2.53. The fraction of sp³-hybridized carbons (Fsp3) is 0.643. The molecule has 21 heavy (non-hydrogen) atoms. The van der Waals surface area contributed by atoms with Crippen LogP contribution >= 0.6 is 0 Å². The predicted octanol–water partition coefficient (Wildman–Crippen LogP) is 1.36. The Morgan fingerprint density at radius 3 is 2.57 bits per heavy atom. The number of hydrogen-bond acceptors (Lipinski definition) is 6. The summed E-state index contributed by atoms with van der Waals surface area (Å²) in [5, 5.41) is 3.11. The Labute approximate surface area is 125 Å². The number of carbonyl (C=O) groups is 1. The number of ether oxygens (including phenoxy) is 1. The molecule has 1 saturated heterocycles. The Hall–Kier alpha value is -2.05. The molecule has 0 radical (unpaired) electrons. The maximum Gasteiger partial charge on any atom is 0.409 e. The van der Waals surface area contributed by atoms with E-state index >= 15 is 0 Å². The predicted molar refractivity (Wildman–Crippen MR) is 81.8 cm³/mol. The molecule has 0 unspecified atom stereocenters. The van der Waals surface area contributed by atoms with Crippen molar-refractivity contribution in [1.82, 2.24) is 14.9 Å². The Balaban J connectivity index is 2.07. The maximum atomic E-state index is 11.7. The minimum Gasteiger partial charge on any atom is -0.450 e. The van der Waals surface area contributed by atoms with Gasteiger partial charge in [-0.1, -0.05) is 6.92 Å². The Morgan fingerprint density at radius 2 is 2.00 bits per heavy atom. The average molecular weight is 293 g/mol. The quantitative estimate of drug-likeness (QED) is 0.904. The van der Waals surface area contributed by atoms with Crippen LogP contribution in [0.15, 0.2) is 6.33 Å². The number of amides is 1. The number of aromatic nitrogens is 2. The lowest BCUT2D eigenvalue weighted by Gasteiger charge is -2.35. The van der Waals surface area contributed by atoms with Crippen LogP contribution in [0.3, 0.4) is 0 Å². The van der Waals surface area contributed by atoms with E-state index in [9.17, 15) is 4.79 Å². The zero-order valence-electron chi connectivity index (χ0n) is 12.9. The van der Waals surface area contributed by atoms with Crippen molar-refractivity contribution in [2.45, 2.75) is 20.3 Å². The lowest BCUT2D eigenvalue weighted by Crippen LogP contribution is -2.49. The van der Waals surface area contributed by atoms with Crippen LogP contribution in [0.5, 0.6) is 0 Å². The first-order valence-electron chi connectivity index (χ1n) is 7.39. The third kappa shape index (κ3) is 3.34. The van der Waals surface area contributed by atoms with Crippen LogP contribution in [0.1, 0.15) is 19.4 Å². The van der Waals surface area contributed by atoms with Crippen LogP contribution in [-0.4, -0.2) is 60.8 Å². The van der Waals surface area contributed by atoms with Gasteiger partial charge in [0.1, 0.15) is 18.0 Å². The van der Waals surface area contributed by atoms with Gasteiger partial charge in [-0.25, -0.2) is 14.8 Å². The van der Waals surface area contributed by atoms with Crippen molar-refractivity contribution in [3.05, 3.63) is 11.9 Å². The normalized spacial score (nSPS) is 15.0. The van der Waals surface area contributed by atoms with Gasteiger partial charge in [0, 0.05) is 38.8 Å². The second kappa shape index (κ2) is 7.10. The molecule has 1 aromatic rings. The van der Waals surface area contributed by atoms with Gasteiger partial charge in [0.05, 0.1) is 6.61 Å². The van der Waals surface area contributed by atoms with E-state index in [1.54, 1.807) is 11.2 Å². The van der Waals surface area contributed by atoms with E-state index in [4.69, 9.17) is 4.74 Å². The second-order valence-corrected chi connectivity index (χ2v) is 4.80. The van der Waals surface area contributed by atoms with Crippen LogP contribution in [0.25, 0.3) is 0 Å². The van der Waals surface area contributed by atoms with Gasteiger partial charge < -0.3 is 19.9 Å². The molecule has 1 N–H and O–H groups in total. The first-order chi connectivity index (χ1) is 10.2. The van der Waals surface area contributed by atoms with Gasteiger partial charge in [-0.15, -0.1) is 0 Å². The molecule has 2 rings (SSSR count). The topological polar surface area (TPSA) is 70.6 Å². The Kier molecular flexibility index (Phi) is 5.19. The molecular formula is C14H23N5O2. The molecule has 7 heteroatoms. The zero-order valence-corrected chi connectivity index (χ0v) is 12.9. The number of anilines is 2. The van der Waals surface area contributed by atoms with E-state index in [2.05, 4.69) is 27.1 Å². The average Bonchev–Trinajstić information content (AvgIpc) is 2.54. The summed E-state index contributed by atoms with van der Waals surface area (Å²) in [7, 11) is 1.87. The van der Waals surface area contributed by atoms with Gasteiger partial charge in [0.25, 0.3) is 0 Å². The van der Waals surface area contributed by atoms with Gasteiger partial charge in [-0.05, 0) is 13.3 Å². The highest BCUT2D eigenvalue weighted by atomic mass is 16.6. The Morgan fingerprint density at radius 1 is 1.29 bits per heavy atom. The van der Waals surface area contributed by atoms with Crippen molar-refractivity contribution in [2.24, 2.45) is 0 Å². The summed E-state index contributed by atoms with van der Waals surface area (Å²) in [6.07, 6.45) is 2.22. The van der Waals surface area contributed by atoms with Gasteiger partial charge in [0.15, 0.2) is 0 Å². The molecule has 1 aliphatic heterocycles. The Bertz CT molecular complexity index is 486. The number of hydrogen-bond donors (Lipinski definition) is 1. The highest BCUT2D eigenvalue weighted by Crippen LogP contribution is 2.24. The maximum absolute atomic E-state index is 11.7. The second-order valence-electron chi connectivity index (χ2n) is 4.80. The van der Waals surface area contributed by atoms with Crippen molar-refractivity contribution in [1.29, 1.82) is 0 Å². The summed E-state index contributed by atoms with van der Waals surface area (Å²) < 4.78 is 5.04. The number of carbonyl (C=O) groups excluding carboxylic acids is 1. The standard InChI is InChI=1S/C14H23N5O2/c1-4-11-12(15-3)16-10-17-13(11)18-6-8-19(9-7-18)14(20)21-5-2/h10H,4-9H2,1-3H3,(H,15,16,17). The van der Waals surface area contributed by atoms with E-state index in [0.717, 1.165) is 36.7 Å². The van der Waals surface area contributed by atoms with Crippen molar-refractivity contribution >= 4 is 17.7 Å². The lowest BCUT2D eigenvalue weighted by atomic mass is 10.2.